The minimum Gasteiger partial charge on any atom is -0.429 e. The molecular weight excluding hydrogens is 451 g/mol. The zero-order chi connectivity index (χ0) is 21.3. The zero-order valence-electron chi connectivity index (χ0n) is 15.3. The quantitative estimate of drug-likeness (QED) is 0.398. The molecule has 1 aromatic carbocycles. The average Bonchev–Trinajstić information content (AvgIpc) is 3.17. The molecule has 4 rings (SSSR count). The number of rotatable bonds is 5. The van der Waals surface area contributed by atoms with Crippen LogP contribution < -0.4 is 0 Å². The molecule has 0 N–H and O–H groups in total. The van der Waals surface area contributed by atoms with Gasteiger partial charge in [-0.2, -0.15) is 0 Å². The van der Waals surface area contributed by atoms with E-state index in [4.69, 9.17) is 16.0 Å². The fraction of sp³-hybridized carbons (Fsp3) is 0.0526. The van der Waals surface area contributed by atoms with Gasteiger partial charge in [0.15, 0.2) is 25.1 Å². The summed E-state index contributed by atoms with van der Waals surface area (Å²) >= 11 is 6.93. The molecule has 0 unspecified atom stereocenters. The van der Waals surface area contributed by atoms with Crippen molar-refractivity contribution in [2.45, 2.75) is 15.3 Å². The van der Waals surface area contributed by atoms with E-state index in [1.165, 1.54) is 48.9 Å². The summed E-state index contributed by atoms with van der Waals surface area (Å²) in [5.74, 6) is -0.198. The highest BCUT2D eigenvalue weighted by atomic mass is 35.5. The van der Waals surface area contributed by atoms with Gasteiger partial charge in [-0.05, 0) is 48.2 Å². The van der Waals surface area contributed by atoms with Crippen LogP contribution in [-0.4, -0.2) is 34.6 Å². The predicted molar refractivity (Wildman–Crippen MR) is 109 cm³/mol. The van der Waals surface area contributed by atoms with E-state index in [1.807, 2.05) is 0 Å². The predicted octanol–water partition coefficient (Wildman–Crippen LogP) is 4.54. The second kappa shape index (κ2) is 8.13. The molecule has 0 saturated carbocycles. The molecule has 30 heavy (non-hydrogen) atoms. The number of oxazole rings is 1. The van der Waals surface area contributed by atoms with Crippen molar-refractivity contribution in [3.05, 3.63) is 65.8 Å². The lowest BCUT2D eigenvalue weighted by molar-refractivity contribution is 0.483. The summed E-state index contributed by atoms with van der Waals surface area (Å²) in [6.07, 6.45) is 5.50. The topological polar surface area (TPSA) is 98.8 Å². The van der Waals surface area contributed by atoms with Crippen LogP contribution in [0.1, 0.15) is 0 Å². The number of nitrogens with zero attached hydrogens (tertiary/aromatic N) is 4. The highest BCUT2D eigenvalue weighted by molar-refractivity contribution is 7.99. The Morgan fingerprint density at radius 1 is 1.00 bits per heavy atom. The minimum atomic E-state index is -3.55. The van der Waals surface area contributed by atoms with Crippen LogP contribution in [0.15, 0.2) is 74.7 Å². The molecule has 0 fully saturated rings. The molecule has 3 aromatic heterocycles. The summed E-state index contributed by atoms with van der Waals surface area (Å²) in [6.45, 7) is 0. The van der Waals surface area contributed by atoms with Crippen molar-refractivity contribution in [3.63, 3.8) is 0 Å². The second-order valence-electron chi connectivity index (χ2n) is 6.10. The molecule has 0 aliphatic carbocycles. The Balaban J connectivity index is 1.75. The maximum atomic E-state index is 13.4. The third-order valence-corrected chi connectivity index (χ3v) is 5.84. The summed E-state index contributed by atoms with van der Waals surface area (Å²) in [5, 5.41) is 1.15. The summed E-state index contributed by atoms with van der Waals surface area (Å²) in [7, 11) is -3.55. The van der Waals surface area contributed by atoms with Crippen LogP contribution in [0.25, 0.3) is 22.7 Å². The van der Waals surface area contributed by atoms with Crippen molar-refractivity contribution in [1.82, 2.24) is 19.9 Å². The number of benzene rings is 1. The number of halogens is 2. The third-order valence-electron chi connectivity index (χ3n) is 3.87. The molecule has 0 aliphatic heterocycles. The van der Waals surface area contributed by atoms with Gasteiger partial charge in [-0.15, -0.1) is 0 Å². The fourth-order valence-corrected chi connectivity index (χ4v) is 3.81. The molecule has 0 aliphatic rings. The van der Waals surface area contributed by atoms with Crippen LogP contribution in [0, 0.1) is 5.82 Å². The number of hydrogen-bond acceptors (Lipinski definition) is 8. The van der Waals surface area contributed by atoms with Gasteiger partial charge in [0.25, 0.3) is 0 Å². The van der Waals surface area contributed by atoms with Gasteiger partial charge in [0.2, 0.25) is 5.89 Å². The van der Waals surface area contributed by atoms with E-state index in [0.717, 1.165) is 18.0 Å². The van der Waals surface area contributed by atoms with E-state index in [1.54, 1.807) is 6.07 Å². The van der Waals surface area contributed by atoms with E-state index in [9.17, 15) is 12.8 Å². The molecule has 4 aromatic rings. The van der Waals surface area contributed by atoms with E-state index in [2.05, 4.69) is 19.9 Å². The molecular formula is C19H12ClFN4O3S2. The zero-order valence-corrected chi connectivity index (χ0v) is 17.7. The highest BCUT2D eigenvalue weighted by Gasteiger charge is 2.19. The molecule has 0 saturated heterocycles. The van der Waals surface area contributed by atoms with Crippen LogP contribution in [-0.2, 0) is 9.84 Å². The van der Waals surface area contributed by atoms with Gasteiger partial charge < -0.3 is 4.42 Å². The van der Waals surface area contributed by atoms with Gasteiger partial charge in [0.05, 0.1) is 34.9 Å². The van der Waals surface area contributed by atoms with E-state index >= 15 is 0 Å². The first-order valence-electron chi connectivity index (χ1n) is 8.38. The van der Waals surface area contributed by atoms with Crippen LogP contribution in [0.4, 0.5) is 4.39 Å². The highest BCUT2D eigenvalue weighted by Crippen LogP contribution is 2.34. The van der Waals surface area contributed by atoms with E-state index in [-0.39, 0.29) is 10.9 Å². The van der Waals surface area contributed by atoms with Gasteiger partial charge in [-0.25, -0.2) is 32.7 Å². The number of aromatic nitrogens is 4. The van der Waals surface area contributed by atoms with Crippen molar-refractivity contribution in [1.29, 1.82) is 0 Å². The SMILES string of the molecule is CS(=O)(=O)c1ccc(-c2ncc(Sc3ncc(Cl)cn3)o2)c(-c2ccc(F)cc2)n1. The molecule has 0 bridgehead atoms. The molecule has 0 atom stereocenters. The maximum Gasteiger partial charge on any atom is 0.229 e. The summed E-state index contributed by atoms with van der Waals surface area (Å²) in [4.78, 5) is 16.7. The van der Waals surface area contributed by atoms with Gasteiger partial charge in [-0.1, -0.05) is 11.6 Å². The van der Waals surface area contributed by atoms with Gasteiger partial charge in [-0.3, -0.25) is 0 Å². The average molecular weight is 463 g/mol. The van der Waals surface area contributed by atoms with Crippen molar-refractivity contribution >= 4 is 33.2 Å². The summed E-state index contributed by atoms with van der Waals surface area (Å²) < 4.78 is 43.1. The Morgan fingerprint density at radius 3 is 2.37 bits per heavy atom. The fourth-order valence-electron chi connectivity index (χ4n) is 2.52. The van der Waals surface area contributed by atoms with E-state index < -0.39 is 15.7 Å². The van der Waals surface area contributed by atoms with Crippen LogP contribution in [0.3, 0.4) is 0 Å². The number of pyridine rings is 1. The molecule has 0 amide bonds. The Bertz CT molecular complexity index is 1310. The van der Waals surface area contributed by atoms with Gasteiger partial charge >= 0.3 is 0 Å². The van der Waals surface area contributed by atoms with Crippen molar-refractivity contribution in [2.75, 3.05) is 6.26 Å². The molecule has 7 nitrogen and oxygen atoms in total. The van der Waals surface area contributed by atoms with Crippen molar-refractivity contribution in [3.8, 4) is 22.7 Å². The molecule has 0 radical (unpaired) electrons. The Labute approximate surface area is 180 Å². The van der Waals surface area contributed by atoms with Crippen molar-refractivity contribution in [2.24, 2.45) is 0 Å². The van der Waals surface area contributed by atoms with E-state index in [0.29, 0.717) is 32.1 Å². The molecule has 11 heteroatoms. The summed E-state index contributed by atoms with van der Waals surface area (Å²) in [6, 6.07) is 8.48. The first-order chi connectivity index (χ1) is 14.3. The second-order valence-corrected chi connectivity index (χ2v) is 9.47. The van der Waals surface area contributed by atoms with Crippen LogP contribution in [0.5, 0.6) is 0 Å². The third kappa shape index (κ3) is 4.50. The molecule has 152 valence electrons. The van der Waals surface area contributed by atoms with Gasteiger partial charge in [0.1, 0.15) is 5.82 Å². The monoisotopic (exact) mass is 462 g/mol. The lowest BCUT2D eigenvalue weighted by atomic mass is 10.1. The normalized spacial score (nSPS) is 11.6. The lowest BCUT2D eigenvalue weighted by Gasteiger charge is -2.08. The Morgan fingerprint density at radius 2 is 1.70 bits per heavy atom. The number of sulfone groups is 1. The minimum absolute atomic E-state index is 0.110. The van der Waals surface area contributed by atoms with Crippen LogP contribution >= 0.6 is 23.4 Å². The van der Waals surface area contributed by atoms with Crippen LogP contribution in [0.2, 0.25) is 5.02 Å². The molecule has 3 heterocycles. The first kappa shape index (κ1) is 20.5. The molecule has 0 spiro atoms. The smallest absolute Gasteiger partial charge is 0.229 e. The Hall–Kier alpha value is -2.82. The summed E-state index contributed by atoms with van der Waals surface area (Å²) in [5.41, 5.74) is 1.28. The standard InChI is InChI=1S/C19H12ClFN4O3S2/c1-30(26,27)15-7-6-14(17(25-15)11-2-4-13(21)5-3-11)18-22-10-16(28-18)29-19-23-8-12(20)9-24-19/h2-10H,1H3. The lowest BCUT2D eigenvalue weighted by Crippen LogP contribution is -2.02. The maximum absolute atomic E-state index is 13.4. The number of hydrogen-bond donors (Lipinski definition) is 0. The first-order valence-corrected chi connectivity index (χ1v) is 11.5. The largest absolute Gasteiger partial charge is 0.429 e. The Kier molecular flexibility index (Phi) is 5.54. The van der Waals surface area contributed by atoms with Crippen molar-refractivity contribution < 1.29 is 17.2 Å². The van der Waals surface area contributed by atoms with Gasteiger partial charge in [0, 0.05) is 11.8 Å².